The van der Waals surface area contributed by atoms with E-state index in [0.717, 1.165) is 6.54 Å². The van der Waals surface area contributed by atoms with Crippen molar-refractivity contribution in [2.24, 2.45) is 5.73 Å². The number of likely N-dealkylation sites (tertiary alicyclic amines) is 1. The van der Waals surface area contributed by atoms with Gasteiger partial charge in [-0.3, -0.25) is 4.90 Å². The molecule has 1 saturated heterocycles. The molecule has 104 valence electrons. The molecule has 2 heteroatoms. The van der Waals surface area contributed by atoms with Crippen LogP contribution in [0.2, 0.25) is 0 Å². The number of rotatable bonds is 3. The Hall–Kier alpha value is -0.860. The molecule has 1 atom stereocenters. The molecule has 1 aromatic rings. The lowest BCUT2D eigenvalue weighted by Gasteiger charge is -2.44. The van der Waals surface area contributed by atoms with Gasteiger partial charge in [-0.05, 0) is 37.3 Å². The van der Waals surface area contributed by atoms with E-state index < -0.39 is 0 Å². The molecular formula is C17H26N2. The van der Waals surface area contributed by atoms with Crippen LogP contribution in [0.4, 0.5) is 0 Å². The van der Waals surface area contributed by atoms with Gasteiger partial charge in [-0.1, -0.05) is 49.6 Å². The Balaban J connectivity index is 1.71. The van der Waals surface area contributed by atoms with Gasteiger partial charge < -0.3 is 5.73 Å². The molecule has 3 rings (SSSR count). The lowest BCUT2D eigenvalue weighted by atomic mass is 9.80. The van der Waals surface area contributed by atoms with Gasteiger partial charge in [-0.2, -0.15) is 0 Å². The number of hydrogen-bond donors (Lipinski definition) is 1. The minimum absolute atomic E-state index is 0.321. The highest BCUT2D eigenvalue weighted by Gasteiger charge is 2.40. The van der Waals surface area contributed by atoms with E-state index in [1.54, 1.807) is 0 Å². The zero-order valence-corrected chi connectivity index (χ0v) is 11.9. The summed E-state index contributed by atoms with van der Waals surface area (Å²) in [5.41, 5.74) is 7.99. The third-order valence-corrected chi connectivity index (χ3v) is 5.29. The quantitative estimate of drug-likeness (QED) is 0.902. The van der Waals surface area contributed by atoms with E-state index >= 15 is 0 Å². The summed E-state index contributed by atoms with van der Waals surface area (Å²) < 4.78 is 0. The number of benzene rings is 1. The Bertz CT molecular complexity index is 395. The Labute approximate surface area is 117 Å². The summed E-state index contributed by atoms with van der Waals surface area (Å²) in [6.45, 7) is 3.28. The predicted octanol–water partition coefficient (Wildman–Crippen LogP) is 3.14. The highest BCUT2D eigenvalue weighted by Crippen LogP contribution is 2.38. The zero-order chi connectivity index (χ0) is 13.1. The fourth-order valence-corrected chi connectivity index (χ4v) is 4.05. The van der Waals surface area contributed by atoms with Crippen LogP contribution in [0.5, 0.6) is 0 Å². The fourth-order valence-electron chi connectivity index (χ4n) is 4.05. The molecular weight excluding hydrogens is 232 g/mol. The van der Waals surface area contributed by atoms with Gasteiger partial charge in [0.05, 0.1) is 0 Å². The molecule has 1 aliphatic carbocycles. The van der Waals surface area contributed by atoms with Gasteiger partial charge in [0.25, 0.3) is 0 Å². The van der Waals surface area contributed by atoms with Gasteiger partial charge in [0.2, 0.25) is 0 Å². The maximum atomic E-state index is 6.16. The molecule has 2 aliphatic rings. The van der Waals surface area contributed by atoms with Gasteiger partial charge in [0.1, 0.15) is 0 Å². The summed E-state index contributed by atoms with van der Waals surface area (Å²) in [7, 11) is 0. The SMILES string of the molecule is NCC1(N2CCC(c3ccccc3)C2)CCCCC1. The van der Waals surface area contributed by atoms with Crippen LogP contribution < -0.4 is 5.73 Å². The van der Waals surface area contributed by atoms with Crippen LogP contribution in [0.15, 0.2) is 30.3 Å². The van der Waals surface area contributed by atoms with Crippen molar-refractivity contribution in [1.29, 1.82) is 0 Å². The molecule has 2 nitrogen and oxygen atoms in total. The first kappa shape index (κ1) is 13.1. The van der Waals surface area contributed by atoms with Gasteiger partial charge in [0.15, 0.2) is 0 Å². The first-order valence-corrected chi connectivity index (χ1v) is 7.84. The first-order valence-electron chi connectivity index (χ1n) is 7.84. The molecule has 1 heterocycles. The molecule has 1 aromatic carbocycles. The maximum Gasteiger partial charge on any atom is 0.0332 e. The second kappa shape index (κ2) is 5.64. The van der Waals surface area contributed by atoms with E-state index in [1.165, 1.54) is 57.2 Å². The van der Waals surface area contributed by atoms with Crippen molar-refractivity contribution in [2.75, 3.05) is 19.6 Å². The average Bonchev–Trinajstić information content (AvgIpc) is 2.99. The van der Waals surface area contributed by atoms with Crippen molar-refractivity contribution in [1.82, 2.24) is 4.90 Å². The minimum Gasteiger partial charge on any atom is -0.329 e. The van der Waals surface area contributed by atoms with Crippen LogP contribution in [0.1, 0.15) is 50.0 Å². The monoisotopic (exact) mass is 258 g/mol. The van der Waals surface area contributed by atoms with Gasteiger partial charge >= 0.3 is 0 Å². The van der Waals surface area contributed by atoms with Crippen molar-refractivity contribution >= 4 is 0 Å². The van der Waals surface area contributed by atoms with Crippen LogP contribution in [0.3, 0.4) is 0 Å². The van der Waals surface area contributed by atoms with Crippen molar-refractivity contribution in [2.45, 2.75) is 50.0 Å². The molecule has 0 amide bonds. The summed E-state index contributed by atoms with van der Waals surface area (Å²) in [6, 6.07) is 11.0. The third kappa shape index (κ3) is 2.56. The molecule has 2 N–H and O–H groups in total. The third-order valence-electron chi connectivity index (χ3n) is 5.29. The average molecular weight is 258 g/mol. The van der Waals surface area contributed by atoms with E-state index in [9.17, 15) is 0 Å². The molecule has 0 spiro atoms. The van der Waals surface area contributed by atoms with Crippen molar-refractivity contribution < 1.29 is 0 Å². The molecule has 0 aromatic heterocycles. The van der Waals surface area contributed by atoms with Crippen molar-refractivity contribution in [3.63, 3.8) is 0 Å². The van der Waals surface area contributed by atoms with Crippen molar-refractivity contribution in [3.8, 4) is 0 Å². The summed E-state index contributed by atoms with van der Waals surface area (Å²) in [6.07, 6.45) is 8.05. The highest BCUT2D eigenvalue weighted by molar-refractivity contribution is 5.21. The fraction of sp³-hybridized carbons (Fsp3) is 0.647. The minimum atomic E-state index is 0.321. The van der Waals surface area contributed by atoms with Crippen LogP contribution in [0.25, 0.3) is 0 Å². The van der Waals surface area contributed by atoms with Gasteiger partial charge in [-0.15, -0.1) is 0 Å². The lowest BCUT2D eigenvalue weighted by molar-refractivity contribution is 0.0795. The van der Waals surface area contributed by atoms with E-state index in [2.05, 4.69) is 35.2 Å². The standard InChI is InChI=1S/C17H26N2/c18-14-17(10-5-2-6-11-17)19-12-9-16(13-19)15-7-3-1-4-8-15/h1,3-4,7-8,16H,2,5-6,9-14,18H2. The second-order valence-electron chi connectivity index (χ2n) is 6.33. The molecule has 0 radical (unpaired) electrons. The summed E-state index contributed by atoms with van der Waals surface area (Å²) in [4.78, 5) is 2.71. The summed E-state index contributed by atoms with van der Waals surface area (Å²) in [5.74, 6) is 0.714. The lowest BCUT2D eigenvalue weighted by Crippen LogP contribution is -2.54. The Morgan fingerprint density at radius 2 is 1.84 bits per heavy atom. The summed E-state index contributed by atoms with van der Waals surface area (Å²) in [5, 5.41) is 0. The maximum absolute atomic E-state index is 6.16. The van der Waals surface area contributed by atoms with Crippen LogP contribution in [0, 0.1) is 0 Å². The molecule has 0 bridgehead atoms. The highest BCUT2D eigenvalue weighted by atomic mass is 15.2. The van der Waals surface area contributed by atoms with E-state index in [1.807, 2.05) is 0 Å². The topological polar surface area (TPSA) is 29.3 Å². The predicted molar refractivity (Wildman–Crippen MR) is 80.2 cm³/mol. The Kier molecular flexibility index (Phi) is 3.90. The largest absolute Gasteiger partial charge is 0.329 e. The molecule has 2 fully saturated rings. The van der Waals surface area contributed by atoms with Crippen LogP contribution >= 0.6 is 0 Å². The van der Waals surface area contributed by atoms with Gasteiger partial charge in [0, 0.05) is 18.6 Å². The normalized spacial score (nSPS) is 27.5. The number of nitrogens with two attached hydrogens (primary N) is 1. The smallest absolute Gasteiger partial charge is 0.0332 e. The first-order chi connectivity index (χ1) is 9.34. The van der Waals surface area contributed by atoms with Crippen LogP contribution in [-0.4, -0.2) is 30.1 Å². The van der Waals surface area contributed by atoms with Crippen LogP contribution in [-0.2, 0) is 0 Å². The molecule has 1 unspecified atom stereocenters. The van der Waals surface area contributed by atoms with Gasteiger partial charge in [-0.25, -0.2) is 0 Å². The second-order valence-corrected chi connectivity index (χ2v) is 6.33. The van der Waals surface area contributed by atoms with E-state index in [0.29, 0.717) is 11.5 Å². The van der Waals surface area contributed by atoms with Crippen molar-refractivity contribution in [3.05, 3.63) is 35.9 Å². The van der Waals surface area contributed by atoms with E-state index in [4.69, 9.17) is 5.73 Å². The zero-order valence-electron chi connectivity index (χ0n) is 11.9. The Morgan fingerprint density at radius 3 is 2.53 bits per heavy atom. The molecule has 1 saturated carbocycles. The van der Waals surface area contributed by atoms with E-state index in [-0.39, 0.29) is 0 Å². The molecule has 19 heavy (non-hydrogen) atoms. The number of hydrogen-bond acceptors (Lipinski definition) is 2. The molecule has 1 aliphatic heterocycles. The summed E-state index contributed by atoms with van der Waals surface area (Å²) >= 11 is 0. The number of nitrogens with zero attached hydrogens (tertiary/aromatic N) is 1. The Morgan fingerprint density at radius 1 is 1.11 bits per heavy atom.